The summed E-state index contributed by atoms with van der Waals surface area (Å²) in [7, 11) is 0. The van der Waals surface area contributed by atoms with Crippen LogP contribution in [0.5, 0.6) is 5.75 Å². The van der Waals surface area contributed by atoms with Gasteiger partial charge in [-0.3, -0.25) is 9.59 Å². The first-order valence-electron chi connectivity index (χ1n) is 10.3. The summed E-state index contributed by atoms with van der Waals surface area (Å²) in [5.74, 6) is 0.114. The second-order valence-corrected chi connectivity index (χ2v) is 7.67. The highest BCUT2D eigenvalue weighted by molar-refractivity contribution is 6.34. The fourth-order valence-corrected chi connectivity index (χ4v) is 3.35. The predicted octanol–water partition coefficient (Wildman–Crippen LogP) is 4.26. The molecule has 0 radical (unpaired) electrons. The number of carbonyl (C=O) groups is 2. The third-order valence-corrected chi connectivity index (χ3v) is 5.08. The summed E-state index contributed by atoms with van der Waals surface area (Å²) in [4.78, 5) is 41.5. The fraction of sp³-hybridized carbons (Fsp3) is 0.167. The lowest BCUT2D eigenvalue weighted by Gasteiger charge is -2.10. The number of aryl methyl sites for hydroxylation is 1. The van der Waals surface area contributed by atoms with Crippen LogP contribution in [0, 0.1) is 6.92 Å². The Hall–Kier alpha value is -4.11. The summed E-state index contributed by atoms with van der Waals surface area (Å²) in [5.41, 5.74) is 0.994. The van der Waals surface area contributed by atoms with E-state index in [-0.39, 0.29) is 28.6 Å². The number of fused-ring (bicyclic) bond motifs is 1. The molecule has 0 spiro atoms. The Bertz CT molecular complexity index is 1430. The quantitative estimate of drug-likeness (QED) is 0.392. The van der Waals surface area contributed by atoms with Crippen LogP contribution in [-0.4, -0.2) is 28.0 Å². The van der Waals surface area contributed by atoms with Gasteiger partial charge in [0.15, 0.2) is 5.65 Å². The van der Waals surface area contributed by atoms with E-state index in [1.54, 1.807) is 37.3 Å². The zero-order valence-corrected chi connectivity index (χ0v) is 19.1. The summed E-state index contributed by atoms with van der Waals surface area (Å²) in [6.45, 7) is 3.87. The van der Waals surface area contributed by atoms with Crippen molar-refractivity contribution in [3.05, 3.63) is 92.6 Å². The first-order valence-corrected chi connectivity index (χ1v) is 10.7. The minimum absolute atomic E-state index is 0.170. The third kappa shape index (κ3) is 5.10. The number of esters is 1. The maximum atomic E-state index is 12.6. The second kappa shape index (κ2) is 9.80. The number of aromatic nitrogens is 2. The third-order valence-electron chi connectivity index (χ3n) is 4.75. The van der Waals surface area contributed by atoms with E-state index in [2.05, 4.69) is 10.3 Å². The molecule has 2 aromatic carbocycles. The van der Waals surface area contributed by atoms with Crippen molar-refractivity contribution in [3.63, 3.8) is 0 Å². The summed E-state index contributed by atoms with van der Waals surface area (Å²) >= 11 is 6.20. The monoisotopic (exact) mass is 481 g/mol. The maximum Gasteiger partial charge on any atom is 0.338 e. The van der Waals surface area contributed by atoms with E-state index in [1.165, 1.54) is 24.3 Å². The van der Waals surface area contributed by atoms with Gasteiger partial charge in [0.1, 0.15) is 18.1 Å². The second-order valence-electron chi connectivity index (χ2n) is 7.27. The minimum atomic E-state index is -0.668. The number of benzene rings is 2. The number of anilines is 1. The van der Waals surface area contributed by atoms with Crippen LogP contribution in [0.2, 0.25) is 5.02 Å². The number of amides is 1. The number of nitrogens with zero attached hydrogens (tertiary/aromatic N) is 2. The first-order chi connectivity index (χ1) is 16.3. The SMILES string of the molecule is CCOc1ccc(C(=O)Nc2cc(C(=O)OCc3cc(=O)n4oc(C)cc4n3)ccc2Cl)cc1. The van der Waals surface area contributed by atoms with Crippen LogP contribution >= 0.6 is 11.6 Å². The van der Waals surface area contributed by atoms with E-state index >= 15 is 0 Å². The van der Waals surface area contributed by atoms with Gasteiger partial charge in [-0.15, -0.1) is 4.57 Å². The molecule has 0 saturated carbocycles. The summed E-state index contributed by atoms with van der Waals surface area (Å²) in [5, 5.41) is 2.95. The molecule has 2 aromatic heterocycles. The summed E-state index contributed by atoms with van der Waals surface area (Å²) < 4.78 is 17.0. The van der Waals surface area contributed by atoms with Crippen molar-refractivity contribution in [1.82, 2.24) is 9.56 Å². The van der Waals surface area contributed by atoms with Crippen LogP contribution < -0.4 is 15.6 Å². The van der Waals surface area contributed by atoms with Crippen LogP contribution in [0.3, 0.4) is 0 Å². The van der Waals surface area contributed by atoms with Crippen LogP contribution in [-0.2, 0) is 11.3 Å². The maximum absolute atomic E-state index is 12.6. The number of halogens is 1. The zero-order chi connectivity index (χ0) is 24.2. The normalized spacial score (nSPS) is 10.8. The average Bonchev–Trinajstić information content (AvgIpc) is 3.20. The van der Waals surface area contributed by atoms with Gasteiger partial charge in [0.05, 0.1) is 28.6 Å². The number of rotatable bonds is 7. The van der Waals surface area contributed by atoms with Crippen LogP contribution in [0.1, 0.15) is 39.1 Å². The highest BCUT2D eigenvalue weighted by Gasteiger charge is 2.15. The van der Waals surface area contributed by atoms with Gasteiger partial charge in [-0.25, -0.2) is 9.78 Å². The van der Waals surface area contributed by atoms with E-state index in [4.69, 9.17) is 25.6 Å². The number of nitrogens with one attached hydrogen (secondary N) is 1. The molecule has 10 heteroatoms. The molecule has 0 aliphatic rings. The lowest BCUT2D eigenvalue weighted by Crippen LogP contribution is -2.15. The van der Waals surface area contributed by atoms with Crippen molar-refractivity contribution in [2.75, 3.05) is 11.9 Å². The molecule has 4 aromatic rings. The van der Waals surface area contributed by atoms with Gasteiger partial charge < -0.3 is 19.3 Å². The van der Waals surface area contributed by atoms with E-state index in [9.17, 15) is 14.4 Å². The van der Waals surface area contributed by atoms with Crippen LogP contribution in [0.4, 0.5) is 5.69 Å². The van der Waals surface area contributed by atoms with Gasteiger partial charge in [0, 0.05) is 17.7 Å². The van der Waals surface area contributed by atoms with Crippen molar-refractivity contribution in [3.8, 4) is 5.75 Å². The summed E-state index contributed by atoms with van der Waals surface area (Å²) in [6, 6.07) is 13.8. The Kier molecular flexibility index (Phi) is 6.65. The number of ether oxygens (including phenoxy) is 2. The van der Waals surface area contributed by atoms with Crippen molar-refractivity contribution in [1.29, 1.82) is 0 Å². The number of hydrogen-bond acceptors (Lipinski definition) is 7. The Balaban J connectivity index is 1.45. The van der Waals surface area contributed by atoms with E-state index in [0.717, 1.165) is 4.57 Å². The molecular formula is C24H20ClN3O6. The van der Waals surface area contributed by atoms with E-state index in [0.29, 0.717) is 29.3 Å². The minimum Gasteiger partial charge on any atom is -0.494 e. The van der Waals surface area contributed by atoms with Crippen molar-refractivity contribution in [2.24, 2.45) is 0 Å². The van der Waals surface area contributed by atoms with Gasteiger partial charge in [0.2, 0.25) is 0 Å². The molecule has 1 N–H and O–H groups in total. The zero-order valence-electron chi connectivity index (χ0n) is 18.3. The molecule has 0 bridgehead atoms. The smallest absolute Gasteiger partial charge is 0.338 e. The molecule has 0 fully saturated rings. The highest BCUT2D eigenvalue weighted by Crippen LogP contribution is 2.25. The molecule has 4 rings (SSSR count). The lowest BCUT2D eigenvalue weighted by molar-refractivity contribution is 0.0467. The van der Waals surface area contributed by atoms with Gasteiger partial charge in [-0.2, -0.15) is 0 Å². The Morgan fingerprint density at radius 2 is 1.82 bits per heavy atom. The van der Waals surface area contributed by atoms with Crippen molar-refractivity contribution in [2.45, 2.75) is 20.5 Å². The Morgan fingerprint density at radius 1 is 1.09 bits per heavy atom. The Labute approximate surface area is 198 Å². The molecule has 1 amide bonds. The van der Waals surface area contributed by atoms with E-state index in [1.807, 2.05) is 6.92 Å². The van der Waals surface area contributed by atoms with Crippen molar-refractivity contribution < 1.29 is 23.6 Å². The molecule has 34 heavy (non-hydrogen) atoms. The van der Waals surface area contributed by atoms with E-state index < -0.39 is 17.4 Å². The lowest BCUT2D eigenvalue weighted by atomic mass is 10.1. The first kappa shape index (κ1) is 23.1. The van der Waals surface area contributed by atoms with Crippen LogP contribution in [0.25, 0.3) is 5.65 Å². The van der Waals surface area contributed by atoms with Gasteiger partial charge in [-0.1, -0.05) is 11.6 Å². The average molecular weight is 482 g/mol. The molecular weight excluding hydrogens is 462 g/mol. The largest absolute Gasteiger partial charge is 0.494 e. The highest BCUT2D eigenvalue weighted by atomic mass is 35.5. The van der Waals surface area contributed by atoms with Gasteiger partial charge >= 0.3 is 5.97 Å². The van der Waals surface area contributed by atoms with Gasteiger partial charge in [0.25, 0.3) is 11.5 Å². The standard InChI is InChI=1S/C24H20ClN3O6/c1-3-32-18-7-4-15(5-8-18)23(30)27-20-11-16(6-9-19(20)25)24(31)33-13-17-12-22(29)28-21(26-17)10-14(2)34-28/h4-12H,3,13H2,1-2H3,(H,27,30). The molecule has 0 saturated heterocycles. The number of carbonyl (C=O) groups excluding carboxylic acids is 2. The topological polar surface area (TPSA) is 112 Å². The fourth-order valence-electron chi connectivity index (χ4n) is 3.18. The molecule has 0 atom stereocenters. The van der Waals surface area contributed by atoms with Crippen molar-refractivity contribution >= 4 is 34.8 Å². The molecule has 9 nitrogen and oxygen atoms in total. The molecule has 0 aliphatic carbocycles. The molecule has 0 aliphatic heterocycles. The molecule has 2 heterocycles. The predicted molar refractivity (Wildman–Crippen MR) is 125 cm³/mol. The molecule has 0 unspecified atom stereocenters. The Morgan fingerprint density at radius 3 is 2.56 bits per heavy atom. The summed E-state index contributed by atoms with van der Waals surface area (Å²) in [6.07, 6.45) is 0. The molecule has 174 valence electrons. The van der Waals surface area contributed by atoms with Gasteiger partial charge in [-0.05, 0) is 56.3 Å². The van der Waals surface area contributed by atoms with Crippen LogP contribution in [0.15, 0.2) is 63.9 Å². The number of hydrogen-bond donors (Lipinski definition) is 1.